The van der Waals surface area contributed by atoms with Gasteiger partial charge in [-0.3, -0.25) is 9.59 Å². The van der Waals surface area contributed by atoms with Crippen molar-refractivity contribution in [3.8, 4) is 0 Å². The SMILES string of the molecule is C[C@H](NC(=O)c1ccco1)C(=O)NCc1ccc(COCC(F)(F)F)cc1. The van der Waals surface area contributed by atoms with E-state index in [0.717, 1.165) is 5.56 Å². The first-order valence-electron chi connectivity index (χ1n) is 8.09. The van der Waals surface area contributed by atoms with Crippen molar-refractivity contribution in [2.45, 2.75) is 32.3 Å². The fraction of sp³-hybridized carbons (Fsp3) is 0.333. The Balaban J connectivity index is 1.75. The summed E-state index contributed by atoms with van der Waals surface area (Å²) in [5, 5.41) is 5.18. The van der Waals surface area contributed by atoms with Crippen molar-refractivity contribution in [1.82, 2.24) is 10.6 Å². The van der Waals surface area contributed by atoms with Gasteiger partial charge < -0.3 is 19.8 Å². The number of carbonyl (C=O) groups excluding carboxylic acids is 2. The maximum Gasteiger partial charge on any atom is 0.411 e. The van der Waals surface area contributed by atoms with Crippen LogP contribution in [0.3, 0.4) is 0 Å². The van der Waals surface area contributed by atoms with Gasteiger partial charge in [-0.05, 0) is 30.2 Å². The van der Waals surface area contributed by atoms with Gasteiger partial charge in [-0.25, -0.2) is 0 Å². The van der Waals surface area contributed by atoms with E-state index in [0.29, 0.717) is 5.56 Å². The first-order valence-corrected chi connectivity index (χ1v) is 8.09. The van der Waals surface area contributed by atoms with Crippen LogP contribution in [-0.4, -0.2) is 30.6 Å². The lowest BCUT2D eigenvalue weighted by molar-refractivity contribution is -0.176. The molecule has 27 heavy (non-hydrogen) atoms. The van der Waals surface area contributed by atoms with E-state index < -0.39 is 24.7 Å². The van der Waals surface area contributed by atoms with Gasteiger partial charge in [0.1, 0.15) is 12.6 Å². The maximum atomic E-state index is 12.0. The first-order chi connectivity index (χ1) is 12.7. The molecule has 1 aromatic carbocycles. The van der Waals surface area contributed by atoms with Gasteiger partial charge in [0.25, 0.3) is 5.91 Å². The number of amides is 2. The zero-order valence-electron chi connectivity index (χ0n) is 14.5. The Labute approximate surface area is 153 Å². The molecule has 1 aromatic heterocycles. The van der Waals surface area contributed by atoms with Crippen LogP contribution >= 0.6 is 0 Å². The molecule has 0 unspecified atom stereocenters. The van der Waals surface area contributed by atoms with E-state index in [1.807, 2.05) is 0 Å². The third-order valence-corrected chi connectivity index (χ3v) is 3.51. The van der Waals surface area contributed by atoms with E-state index in [1.54, 1.807) is 30.3 Å². The Kier molecular flexibility index (Phi) is 7.00. The molecule has 0 fully saturated rings. The minimum atomic E-state index is -4.35. The van der Waals surface area contributed by atoms with Gasteiger partial charge in [-0.2, -0.15) is 13.2 Å². The molecule has 146 valence electrons. The molecule has 0 saturated heterocycles. The van der Waals surface area contributed by atoms with Crippen LogP contribution in [0.2, 0.25) is 0 Å². The Morgan fingerprint density at radius 2 is 1.81 bits per heavy atom. The Morgan fingerprint density at radius 3 is 2.41 bits per heavy atom. The first kappa shape index (κ1) is 20.5. The summed E-state index contributed by atoms with van der Waals surface area (Å²) in [7, 11) is 0. The standard InChI is InChI=1S/C18H19F3N2O4/c1-12(23-17(25)15-3-2-8-27-15)16(24)22-9-13-4-6-14(7-5-13)10-26-11-18(19,20)21/h2-8,12H,9-11H2,1H3,(H,22,24)(H,23,25)/t12-/m0/s1. The summed E-state index contributed by atoms with van der Waals surface area (Å²) in [6.07, 6.45) is -3.00. The van der Waals surface area contributed by atoms with Crippen molar-refractivity contribution in [3.05, 3.63) is 59.5 Å². The van der Waals surface area contributed by atoms with Gasteiger partial charge in [0.2, 0.25) is 5.91 Å². The van der Waals surface area contributed by atoms with E-state index in [1.165, 1.54) is 19.3 Å². The van der Waals surface area contributed by atoms with Crippen molar-refractivity contribution < 1.29 is 31.9 Å². The highest BCUT2D eigenvalue weighted by atomic mass is 19.4. The molecule has 0 saturated carbocycles. The van der Waals surface area contributed by atoms with Gasteiger partial charge in [0, 0.05) is 6.54 Å². The second kappa shape index (κ2) is 9.22. The predicted octanol–water partition coefficient (Wildman–Crippen LogP) is 2.79. The normalized spacial score (nSPS) is 12.4. The van der Waals surface area contributed by atoms with Crippen molar-refractivity contribution in [1.29, 1.82) is 0 Å². The number of benzene rings is 1. The van der Waals surface area contributed by atoms with Gasteiger partial charge in [0.05, 0.1) is 12.9 Å². The largest absolute Gasteiger partial charge is 0.459 e. The van der Waals surface area contributed by atoms with Crippen molar-refractivity contribution in [2.24, 2.45) is 0 Å². The number of halogens is 3. The Bertz CT molecular complexity index is 743. The van der Waals surface area contributed by atoms with E-state index in [-0.39, 0.29) is 24.8 Å². The second-order valence-electron chi connectivity index (χ2n) is 5.81. The molecule has 0 aliphatic heterocycles. The molecule has 0 aliphatic rings. The summed E-state index contributed by atoms with van der Waals surface area (Å²) in [6.45, 7) is 0.301. The molecule has 2 N–H and O–H groups in total. The third-order valence-electron chi connectivity index (χ3n) is 3.51. The molecule has 9 heteroatoms. The van der Waals surface area contributed by atoms with Crippen LogP contribution in [0.5, 0.6) is 0 Å². The quantitative estimate of drug-likeness (QED) is 0.734. The molecule has 1 atom stereocenters. The van der Waals surface area contributed by atoms with Crippen molar-refractivity contribution >= 4 is 11.8 Å². The molecule has 0 aliphatic carbocycles. The monoisotopic (exact) mass is 384 g/mol. The minimum absolute atomic E-state index is 0.109. The van der Waals surface area contributed by atoms with Crippen LogP contribution in [0.1, 0.15) is 28.6 Å². The maximum absolute atomic E-state index is 12.0. The van der Waals surface area contributed by atoms with Gasteiger partial charge in [-0.15, -0.1) is 0 Å². The van der Waals surface area contributed by atoms with Crippen LogP contribution < -0.4 is 10.6 Å². The van der Waals surface area contributed by atoms with Crippen LogP contribution in [0, 0.1) is 0 Å². The Morgan fingerprint density at radius 1 is 1.15 bits per heavy atom. The average molecular weight is 384 g/mol. The molecule has 2 amide bonds. The van der Waals surface area contributed by atoms with Crippen LogP contribution in [0.15, 0.2) is 47.1 Å². The predicted molar refractivity (Wildman–Crippen MR) is 89.6 cm³/mol. The van der Waals surface area contributed by atoms with E-state index in [4.69, 9.17) is 4.42 Å². The fourth-order valence-corrected chi connectivity index (χ4v) is 2.12. The van der Waals surface area contributed by atoms with E-state index in [9.17, 15) is 22.8 Å². The highest BCUT2D eigenvalue weighted by molar-refractivity contribution is 5.95. The summed E-state index contributed by atoms with van der Waals surface area (Å²) in [4.78, 5) is 23.9. The van der Waals surface area contributed by atoms with Gasteiger partial charge in [-0.1, -0.05) is 24.3 Å². The molecule has 0 spiro atoms. The van der Waals surface area contributed by atoms with E-state index in [2.05, 4.69) is 15.4 Å². The van der Waals surface area contributed by atoms with Crippen molar-refractivity contribution in [2.75, 3.05) is 6.61 Å². The van der Waals surface area contributed by atoms with Gasteiger partial charge >= 0.3 is 6.18 Å². The third kappa shape index (κ3) is 7.14. The highest BCUT2D eigenvalue weighted by Gasteiger charge is 2.27. The second-order valence-corrected chi connectivity index (χ2v) is 5.81. The van der Waals surface area contributed by atoms with Gasteiger partial charge in [0.15, 0.2) is 5.76 Å². The number of alkyl halides is 3. The Hall–Kier alpha value is -2.81. The number of hydrogen-bond donors (Lipinski definition) is 2. The molecular formula is C18H19F3N2O4. The highest BCUT2D eigenvalue weighted by Crippen LogP contribution is 2.15. The fourth-order valence-electron chi connectivity index (χ4n) is 2.12. The molecular weight excluding hydrogens is 365 g/mol. The van der Waals surface area contributed by atoms with E-state index >= 15 is 0 Å². The summed E-state index contributed by atoms with van der Waals surface area (Å²) in [5.74, 6) is -0.767. The summed E-state index contributed by atoms with van der Waals surface area (Å²) in [6, 6.07) is 8.90. The number of rotatable bonds is 8. The molecule has 0 radical (unpaired) electrons. The lowest BCUT2D eigenvalue weighted by Gasteiger charge is -2.13. The molecule has 1 heterocycles. The van der Waals surface area contributed by atoms with Crippen molar-refractivity contribution in [3.63, 3.8) is 0 Å². The zero-order chi connectivity index (χ0) is 19.9. The number of ether oxygens (including phenoxy) is 1. The molecule has 2 aromatic rings. The number of furan rings is 1. The summed E-state index contributed by atoms with van der Waals surface area (Å²) in [5.41, 5.74) is 1.35. The lowest BCUT2D eigenvalue weighted by Crippen LogP contribution is -2.44. The average Bonchev–Trinajstić information content (AvgIpc) is 3.14. The molecule has 6 nitrogen and oxygen atoms in total. The van der Waals surface area contributed by atoms with Crippen LogP contribution in [0.25, 0.3) is 0 Å². The number of nitrogens with one attached hydrogen (secondary N) is 2. The molecule has 2 rings (SSSR count). The smallest absolute Gasteiger partial charge is 0.411 e. The topological polar surface area (TPSA) is 80.6 Å². The lowest BCUT2D eigenvalue weighted by atomic mass is 10.1. The zero-order valence-corrected chi connectivity index (χ0v) is 14.5. The number of hydrogen-bond acceptors (Lipinski definition) is 4. The summed E-state index contributed by atoms with van der Waals surface area (Å²) < 4.78 is 45.6. The van der Waals surface area contributed by atoms with Crippen LogP contribution in [-0.2, 0) is 22.7 Å². The molecule has 0 bridgehead atoms. The number of carbonyl (C=O) groups is 2. The van der Waals surface area contributed by atoms with Crippen LogP contribution in [0.4, 0.5) is 13.2 Å². The summed E-state index contributed by atoms with van der Waals surface area (Å²) >= 11 is 0. The minimum Gasteiger partial charge on any atom is -0.459 e.